The number of imidazole rings is 1. The van der Waals surface area contributed by atoms with Crippen molar-refractivity contribution < 1.29 is 8.42 Å². The molecule has 3 aromatic rings. The first-order valence-corrected chi connectivity index (χ1v) is 12.3. The van der Waals surface area contributed by atoms with Crippen LogP contribution >= 0.6 is 0 Å². The second-order valence-electron chi connectivity index (χ2n) is 9.00. The minimum Gasteiger partial charge on any atom is -0.354 e. The standard InChI is InChI=1S/C25H33N3O2S/c1-18(2)16-28(17-19(3)4)24-25(31(29,30)22-14-12-20(5)13-15-22)27(6)23(26-24)21-10-8-7-9-11-21/h7-15,18-19H,16-17H2,1-6H3. The summed E-state index contributed by atoms with van der Waals surface area (Å²) < 4.78 is 29.4. The lowest BCUT2D eigenvalue weighted by Crippen LogP contribution is -2.33. The predicted molar refractivity (Wildman–Crippen MR) is 127 cm³/mol. The second-order valence-corrected chi connectivity index (χ2v) is 10.9. The Bertz CT molecular complexity index is 1110. The van der Waals surface area contributed by atoms with E-state index in [2.05, 4.69) is 32.6 Å². The van der Waals surface area contributed by atoms with Crippen molar-refractivity contribution in [2.45, 2.75) is 44.5 Å². The summed E-state index contributed by atoms with van der Waals surface area (Å²) in [6, 6.07) is 16.8. The van der Waals surface area contributed by atoms with E-state index in [-0.39, 0.29) is 9.92 Å². The van der Waals surface area contributed by atoms with E-state index < -0.39 is 9.84 Å². The molecular weight excluding hydrogens is 406 g/mol. The predicted octanol–water partition coefficient (Wildman–Crippen LogP) is 5.35. The van der Waals surface area contributed by atoms with Gasteiger partial charge in [0.15, 0.2) is 10.8 Å². The molecular formula is C25H33N3O2S. The van der Waals surface area contributed by atoms with Gasteiger partial charge in [0.2, 0.25) is 9.84 Å². The van der Waals surface area contributed by atoms with Gasteiger partial charge in [-0.15, -0.1) is 0 Å². The van der Waals surface area contributed by atoms with E-state index in [9.17, 15) is 8.42 Å². The Morgan fingerprint density at radius 3 is 1.97 bits per heavy atom. The van der Waals surface area contributed by atoms with Crippen LogP contribution in [-0.4, -0.2) is 31.1 Å². The highest BCUT2D eigenvalue weighted by molar-refractivity contribution is 7.91. The fourth-order valence-electron chi connectivity index (χ4n) is 3.78. The summed E-state index contributed by atoms with van der Waals surface area (Å²) >= 11 is 0. The van der Waals surface area contributed by atoms with E-state index in [1.165, 1.54) is 0 Å². The van der Waals surface area contributed by atoms with E-state index >= 15 is 0 Å². The van der Waals surface area contributed by atoms with Crippen molar-refractivity contribution in [1.29, 1.82) is 0 Å². The SMILES string of the molecule is Cc1ccc(S(=O)(=O)c2c(N(CC(C)C)CC(C)C)nc(-c3ccccc3)n2C)cc1. The largest absolute Gasteiger partial charge is 0.354 e. The molecule has 0 aliphatic rings. The molecule has 0 unspecified atom stereocenters. The van der Waals surface area contributed by atoms with Gasteiger partial charge in [0, 0.05) is 25.7 Å². The molecule has 0 aliphatic carbocycles. The lowest BCUT2D eigenvalue weighted by Gasteiger charge is -2.27. The van der Waals surface area contributed by atoms with Gasteiger partial charge in [-0.25, -0.2) is 13.4 Å². The number of hydrogen-bond acceptors (Lipinski definition) is 4. The average molecular weight is 440 g/mol. The Morgan fingerprint density at radius 2 is 1.45 bits per heavy atom. The summed E-state index contributed by atoms with van der Waals surface area (Å²) in [5.41, 5.74) is 1.92. The van der Waals surface area contributed by atoms with E-state index in [4.69, 9.17) is 4.98 Å². The van der Waals surface area contributed by atoms with Crippen molar-refractivity contribution in [3.05, 3.63) is 60.2 Å². The van der Waals surface area contributed by atoms with Crippen LogP contribution in [0.15, 0.2) is 64.5 Å². The summed E-state index contributed by atoms with van der Waals surface area (Å²) in [4.78, 5) is 7.32. The lowest BCUT2D eigenvalue weighted by molar-refractivity contribution is 0.542. The Kier molecular flexibility index (Phi) is 6.90. The summed E-state index contributed by atoms with van der Waals surface area (Å²) in [7, 11) is -1.97. The van der Waals surface area contributed by atoms with Crippen LogP contribution in [0.4, 0.5) is 5.82 Å². The first kappa shape index (κ1) is 23.1. The highest BCUT2D eigenvalue weighted by atomic mass is 32.2. The summed E-state index contributed by atoms with van der Waals surface area (Å²) in [5, 5.41) is 0.247. The van der Waals surface area contributed by atoms with Gasteiger partial charge >= 0.3 is 0 Å². The number of benzene rings is 2. The van der Waals surface area contributed by atoms with Crippen molar-refractivity contribution in [2.75, 3.05) is 18.0 Å². The van der Waals surface area contributed by atoms with E-state index in [0.29, 0.717) is 23.5 Å². The van der Waals surface area contributed by atoms with Crippen molar-refractivity contribution in [2.24, 2.45) is 18.9 Å². The van der Waals surface area contributed by atoms with Crippen LogP contribution in [0, 0.1) is 18.8 Å². The van der Waals surface area contributed by atoms with Crippen LogP contribution < -0.4 is 4.90 Å². The molecule has 0 radical (unpaired) electrons. The molecule has 166 valence electrons. The van der Waals surface area contributed by atoms with E-state index in [1.807, 2.05) is 49.4 Å². The van der Waals surface area contributed by atoms with Crippen molar-refractivity contribution >= 4 is 15.7 Å². The monoisotopic (exact) mass is 439 g/mol. The number of rotatable bonds is 8. The van der Waals surface area contributed by atoms with Crippen LogP contribution in [0.5, 0.6) is 0 Å². The third kappa shape index (κ3) is 5.01. The Balaban J connectivity index is 2.27. The van der Waals surface area contributed by atoms with Crippen LogP contribution in [0.25, 0.3) is 11.4 Å². The minimum absolute atomic E-state index is 0.247. The first-order valence-electron chi connectivity index (χ1n) is 10.8. The number of hydrogen-bond donors (Lipinski definition) is 0. The number of anilines is 1. The summed E-state index contributed by atoms with van der Waals surface area (Å²) in [6.45, 7) is 12.0. The van der Waals surface area contributed by atoms with E-state index in [0.717, 1.165) is 24.2 Å². The molecule has 31 heavy (non-hydrogen) atoms. The zero-order valence-corrected chi connectivity index (χ0v) is 20.1. The summed E-state index contributed by atoms with van der Waals surface area (Å²) in [5.74, 6) is 1.93. The molecule has 0 amide bonds. The quantitative estimate of drug-likeness (QED) is 0.475. The van der Waals surface area contributed by atoms with Gasteiger partial charge in [-0.05, 0) is 30.9 Å². The molecule has 0 bridgehead atoms. The Morgan fingerprint density at radius 1 is 0.903 bits per heavy atom. The zero-order chi connectivity index (χ0) is 22.8. The lowest BCUT2D eigenvalue weighted by atomic mass is 10.1. The molecule has 3 rings (SSSR count). The number of nitrogens with zero attached hydrogens (tertiary/aromatic N) is 3. The van der Waals surface area contributed by atoms with Gasteiger partial charge in [-0.2, -0.15) is 0 Å². The first-order chi connectivity index (χ1) is 14.6. The van der Waals surface area contributed by atoms with E-state index in [1.54, 1.807) is 23.7 Å². The topological polar surface area (TPSA) is 55.2 Å². The van der Waals surface area contributed by atoms with Gasteiger partial charge in [0.25, 0.3) is 0 Å². The van der Waals surface area contributed by atoms with Crippen molar-refractivity contribution in [3.63, 3.8) is 0 Å². The molecule has 0 spiro atoms. The van der Waals surface area contributed by atoms with Crippen molar-refractivity contribution in [1.82, 2.24) is 9.55 Å². The van der Waals surface area contributed by atoms with Gasteiger partial charge in [-0.3, -0.25) is 0 Å². The highest BCUT2D eigenvalue weighted by Gasteiger charge is 2.32. The maximum Gasteiger partial charge on any atom is 0.225 e. The van der Waals surface area contributed by atoms with Crippen LogP contribution in [0.2, 0.25) is 0 Å². The van der Waals surface area contributed by atoms with Crippen LogP contribution in [0.3, 0.4) is 0 Å². The summed E-state index contributed by atoms with van der Waals surface area (Å²) in [6.07, 6.45) is 0. The average Bonchev–Trinajstić information content (AvgIpc) is 3.06. The molecule has 0 N–H and O–H groups in total. The fourth-order valence-corrected chi connectivity index (χ4v) is 5.36. The zero-order valence-electron chi connectivity index (χ0n) is 19.3. The molecule has 1 aromatic heterocycles. The third-order valence-electron chi connectivity index (χ3n) is 5.11. The molecule has 5 nitrogen and oxygen atoms in total. The third-order valence-corrected chi connectivity index (χ3v) is 6.97. The van der Waals surface area contributed by atoms with Crippen molar-refractivity contribution in [3.8, 4) is 11.4 Å². The molecule has 0 aliphatic heterocycles. The van der Waals surface area contributed by atoms with Crippen LogP contribution in [-0.2, 0) is 16.9 Å². The maximum atomic E-state index is 13.8. The minimum atomic E-state index is -3.76. The molecule has 0 fully saturated rings. The second kappa shape index (κ2) is 9.27. The van der Waals surface area contributed by atoms with Gasteiger partial charge in [0.05, 0.1) is 4.90 Å². The number of aryl methyl sites for hydroxylation is 1. The van der Waals surface area contributed by atoms with Gasteiger partial charge < -0.3 is 9.47 Å². The molecule has 1 heterocycles. The molecule has 0 saturated carbocycles. The smallest absolute Gasteiger partial charge is 0.225 e. The number of sulfone groups is 1. The molecule has 2 aromatic carbocycles. The highest BCUT2D eigenvalue weighted by Crippen LogP contribution is 2.35. The van der Waals surface area contributed by atoms with Gasteiger partial charge in [-0.1, -0.05) is 75.7 Å². The number of aromatic nitrogens is 2. The fraction of sp³-hybridized carbons (Fsp3) is 0.400. The van der Waals surface area contributed by atoms with Gasteiger partial charge in [0.1, 0.15) is 5.82 Å². The Labute approximate surface area is 186 Å². The van der Waals surface area contributed by atoms with Crippen LogP contribution in [0.1, 0.15) is 33.3 Å². The molecule has 0 atom stereocenters. The normalized spacial score (nSPS) is 12.0. The maximum absolute atomic E-state index is 13.8. The molecule has 6 heteroatoms. The Hall–Kier alpha value is -2.60. The molecule has 0 saturated heterocycles.